The molecule has 30 heavy (non-hydrogen) atoms. The van der Waals surface area contributed by atoms with E-state index >= 15 is 0 Å². The van der Waals surface area contributed by atoms with Crippen LogP contribution in [0, 0.1) is 6.92 Å². The smallest absolute Gasteiger partial charge is 0.330 e. The van der Waals surface area contributed by atoms with Crippen LogP contribution in [0.15, 0.2) is 55.1 Å². The van der Waals surface area contributed by atoms with Crippen molar-refractivity contribution in [1.82, 2.24) is 5.32 Å². The second-order valence-electron chi connectivity index (χ2n) is 6.64. The zero-order valence-electron chi connectivity index (χ0n) is 17.0. The van der Waals surface area contributed by atoms with E-state index in [0.717, 1.165) is 40.3 Å². The summed E-state index contributed by atoms with van der Waals surface area (Å²) in [6, 6.07) is 11.4. The van der Waals surface area contributed by atoms with Crippen LogP contribution in [0.25, 0.3) is 5.70 Å². The lowest BCUT2D eigenvalue weighted by molar-refractivity contribution is -0.137. The minimum absolute atomic E-state index is 0.232. The Morgan fingerprint density at radius 1 is 1.13 bits per heavy atom. The number of hydrogen-bond acceptors (Lipinski definition) is 6. The van der Waals surface area contributed by atoms with Gasteiger partial charge in [-0.25, -0.2) is 4.79 Å². The highest BCUT2D eigenvalue weighted by atomic mass is 16.7. The minimum atomic E-state index is -0.563. The molecule has 3 rings (SSSR count). The van der Waals surface area contributed by atoms with Crippen molar-refractivity contribution < 1.29 is 23.8 Å². The highest BCUT2D eigenvalue weighted by Gasteiger charge is 2.14. The van der Waals surface area contributed by atoms with Gasteiger partial charge in [-0.1, -0.05) is 24.3 Å². The van der Waals surface area contributed by atoms with E-state index in [0.29, 0.717) is 17.9 Å². The number of amides is 1. The number of fused-ring (bicyclic) bond motifs is 1. The maximum atomic E-state index is 12.2. The van der Waals surface area contributed by atoms with Crippen molar-refractivity contribution in [3.05, 3.63) is 71.8 Å². The summed E-state index contributed by atoms with van der Waals surface area (Å²) in [5, 5.41) is 6.06. The molecule has 1 aliphatic rings. The maximum Gasteiger partial charge on any atom is 0.330 e. The molecule has 2 aromatic carbocycles. The lowest BCUT2D eigenvalue weighted by Gasteiger charge is -2.15. The molecule has 1 aliphatic heterocycles. The van der Waals surface area contributed by atoms with Crippen LogP contribution < -0.4 is 20.1 Å². The summed E-state index contributed by atoms with van der Waals surface area (Å²) < 4.78 is 15.5. The molecule has 0 aromatic heterocycles. The lowest BCUT2D eigenvalue weighted by Crippen LogP contribution is -2.15. The second-order valence-corrected chi connectivity index (χ2v) is 6.64. The number of ether oxygens (including phenoxy) is 3. The van der Waals surface area contributed by atoms with Gasteiger partial charge < -0.3 is 24.8 Å². The van der Waals surface area contributed by atoms with Crippen LogP contribution in [0.2, 0.25) is 0 Å². The van der Waals surface area contributed by atoms with Crippen molar-refractivity contribution in [1.29, 1.82) is 0 Å². The van der Waals surface area contributed by atoms with E-state index in [-0.39, 0.29) is 13.4 Å². The summed E-state index contributed by atoms with van der Waals surface area (Å²) in [6.45, 7) is 8.78. The average molecular weight is 408 g/mol. The number of anilines is 1. The normalized spacial score (nSPS) is 11.9. The Labute approximate surface area is 175 Å². The van der Waals surface area contributed by atoms with E-state index in [9.17, 15) is 9.59 Å². The topological polar surface area (TPSA) is 85.9 Å². The monoisotopic (exact) mass is 408 g/mol. The van der Waals surface area contributed by atoms with Gasteiger partial charge in [0.25, 0.3) is 0 Å². The predicted octanol–water partition coefficient (Wildman–Crippen LogP) is 3.54. The standard InChI is InChI=1S/C23H24N2O5/c1-4-28-23(27)10-9-22(26)25-19-7-5-15(2)11-18(19)16(3)24-13-17-6-8-20-21(12-17)30-14-29-20/h5-12,24H,3-4,13-14H2,1-2H3,(H,25,26)/b10-9+. The van der Waals surface area contributed by atoms with Gasteiger partial charge in [0.2, 0.25) is 12.7 Å². The third kappa shape index (κ3) is 5.41. The van der Waals surface area contributed by atoms with Crippen molar-refractivity contribution in [2.24, 2.45) is 0 Å². The summed E-state index contributed by atoms with van der Waals surface area (Å²) in [4.78, 5) is 23.6. The Balaban J connectivity index is 1.67. The first-order valence-electron chi connectivity index (χ1n) is 9.54. The van der Waals surface area contributed by atoms with Gasteiger partial charge in [0, 0.05) is 30.0 Å². The van der Waals surface area contributed by atoms with Crippen molar-refractivity contribution in [3.8, 4) is 11.5 Å². The Morgan fingerprint density at radius 2 is 1.93 bits per heavy atom. The Morgan fingerprint density at radius 3 is 2.73 bits per heavy atom. The number of carbonyl (C=O) groups excluding carboxylic acids is 2. The van der Waals surface area contributed by atoms with Crippen LogP contribution in [0.4, 0.5) is 5.69 Å². The third-order valence-corrected chi connectivity index (χ3v) is 4.36. The van der Waals surface area contributed by atoms with Crippen LogP contribution in [0.1, 0.15) is 23.6 Å². The molecule has 1 heterocycles. The summed E-state index contributed by atoms with van der Waals surface area (Å²) in [5.74, 6) is 0.456. The maximum absolute atomic E-state index is 12.2. The van der Waals surface area contributed by atoms with Crippen molar-refractivity contribution in [3.63, 3.8) is 0 Å². The van der Waals surface area contributed by atoms with Gasteiger partial charge in [-0.15, -0.1) is 0 Å². The van der Waals surface area contributed by atoms with E-state index in [2.05, 4.69) is 17.2 Å². The first-order valence-corrected chi connectivity index (χ1v) is 9.54. The van der Waals surface area contributed by atoms with E-state index in [1.807, 2.05) is 37.3 Å². The molecular formula is C23H24N2O5. The molecule has 0 atom stereocenters. The van der Waals surface area contributed by atoms with E-state index in [1.165, 1.54) is 0 Å². The summed E-state index contributed by atoms with van der Waals surface area (Å²) in [7, 11) is 0. The van der Waals surface area contributed by atoms with E-state index < -0.39 is 11.9 Å². The highest BCUT2D eigenvalue weighted by molar-refractivity contribution is 6.03. The third-order valence-electron chi connectivity index (χ3n) is 4.36. The molecule has 2 N–H and O–H groups in total. The van der Waals surface area contributed by atoms with Gasteiger partial charge in [-0.2, -0.15) is 0 Å². The molecule has 7 nitrogen and oxygen atoms in total. The van der Waals surface area contributed by atoms with Crippen LogP contribution in [0.3, 0.4) is 0 Å². The predicted molar refractivity (Wildman–Crippen MR) is 114 cm³/mol. The number of aryl methyl sites for hydroxylation is 1. The zero-order chi connectivity index (χ0) is 21.5. The van der Waals surface area contributed by atoms with Crippen molar-refractivity contribution in [2.75, 3.05) is 18.7 Å². The van der Waals surface area contributed by atoms with Gasteiger partial charge >= 0.3 is 5.97 Å². The van der Waals surface area contributed by atoms with E-state index in [4.69, 9.17) is 14.2 Å². The van der Waals surface area contributed by atoms with Gasteiger partial charge in [0.05, 0.1) is 12.3 Å². The fourth-order valence-corrected chi connectivity index (χ4v) is 2.88. The van der Waals surface area contributed by atoms with E-state index in [1.54, 1.807) is 13.0 Å². The Kier molecular flexibility index (Phi) is 6.75. The molecule has 0 unspecified atom stereocenters. The molecule has 156 valence electrons. The van der Waals surface area contributed by atoms with Crippen molar-refractivity contribution in [2.45, 2.75) is 20.4 Å². The Bertz CT molecular complexity index is 997. The zero-order valence-corrected chi connectivity index (χ0v) is 17.0. The highest BCUT2D eigenvalue weighted by Crippen LogP contribution is 2.32. The molecule has 0 aliphatic carbocycles. The van der Waals surface area contributed by atoms with Gasteiger partial charge in [0.15, 0.2) is 11.5 Å². The number of benzene rings is 2. The molecule has 0 bridgehead atoms. The first kappa shape index (κ1) is 21.0. The lowest BCUT2D eigenvalue weighted by atomic mass is 10.1. The quantitative estimate of drug-likeness (QED) is 0.513. The van der Waals surface area contributed by atoms with Crippen LogP contribution in [0.5, 0.6) is 11.5 Å². The minimum Gasteiger partial charge on any atom is -0.463 e. The molecular weight excluding hydrogens is 384 g/mol. The largest absolute Gasteiger partial charge is 0.463 e. The first-order chi connectivity index (χ1) is 14.5. The van der Waals surface area contributed by atoms with Crippen LogP contribution in [-0.2, 0) is 20.9 Å². The molecule has 0 saturated carbocycles. The number of hydrogen-bond donors (Lipinski definition) is 2. The SMILES string of the molecule is C=C(NCc1ccc2c(c1)OCO2)c1cc(C)ccc1NC(=O)/C=C/C(=O)OCC. The van der Waals surface area contributed by atoms with Crippen LogP contribution in [-0.4, -0.2) is 25.3 Å². The van der Waals surface area contributed by atoms with Crippen molar-refractivity contribution >= 4 is 23.3 Å². The number of esters is 1. The summed E-state index contributed by atoms with van der Waals surface area (Å²) in [6.07, 6.45) is 2.24. The van der Waals surface area contributed by atoms with Crippen LogP contribution >= 0.6 is 0 Å². The Hall–Kier alpha value is -3.74. The molecule has 1 amide bonds. The molecule has 0 saturated heterocycles. The number of nitrogens with one attached hydrogen (secondary N) is 2. The molecule has 0 fully saturated rings. The van der Waals surface area contributed by atoms with Gasteiger partial charge in [-0.05, 0) is 43.7 Å². The molecule has 0 radical (unpaired) electrons. The summed E-state index contributed by atoms with van der Waals surface area (Å²) >= 11 is 0. The molecule has 0 spiro atoms. The second kappa shape index (κ2) is 9.65. The summed E-state index contributed by atoms with van der Waals surface area (Å²) in [5.41, 5.74) is 4.03. The average Bonchev–Trinajstić information content (AvgIpc) is 3.20. The fourth-order valence-electron chi connectivity index (χ4n) is 2.88. The fraction of sp³-hybridized carbons (Fsp3) is 0.217. The molecule has 7 heteroatoms. The van der Waals surface area contributed by atoms with Gasteiger partial charge in [0.1, 0.15) is 0 Å². The number of carbonyl (C=O) groups is 2. The molecule has 2 aromatic rings. The van der Waals surface area contributed by atoms with Gasteiger partial charge in [-0.3, -0.25) is 4.79 Å². The number of rotatable bonds is 8.